The summed E-state index contributed by atoms with van der Waals surface area (Å²) in [6, 6.07) is 3.26. The Morgan fingerprint density at radius 1 is 1.62 bits per heavy atom. The fourth-order valence-electron chi connectivity index (χ4n) is 1.08. The van der Waals surface area contributed by atoms with E-state index in [1.54, 1.807) is 18.2 Å². The number of halogens is 2. The predicted molar refractivity (Wildman–Crippen MR) is 66.2 cm³/mol. The minimum atomic E-state index is -0.505. The lowest BCUT2D eigenvalue weighted by atomic mass is 10.2. The maximum Gasteiger partial charge on any atom is 0.339 e. The van der Waals surface area contributed by atoms with E-state index in [1.165, 1.54) is 7.11 Å². The number of benzene rings is 1. The zero-order valence-electron chi connectivity index (χ0n) is 8.63. The van der Waals surface area contributed by atoms with Crippen LogP contribution in [-0.4, -0.2) is 19.7 Å². The predicted octanol–water partition coefficient (Wildman–Crippen LogP) is 3.45. The number of rotatable bonds is 4. The largest absolute Gasteiger partial charge is 0.488 e. The molecule has 3 nitrogen and oxygen atoms in total. The monoisotopic (exact) mass is 304 g/mol. The van der Waals surface area contributed by atoms with E-state index < -0.39 is 5.97 Å². The summed E-state index contributed by atoms with van der Waals surface area (Å²) in [5.74, 6) is -0.0916. The van der Waals surface area contributed by atoms with Crippen LogP contribution < -0.4 is 4.74 Å². The third kappa shape index (κ3) is 3.00. The summed E-state index contributed by atoms with van der Waals surface area (Å²) in [5, 5.41) is 0.233. The molecule has 0 spiro atoms. The number of carbonyl (C=O) groups is 1. The molecule has 5 heteroatoms. The molecule has 0 N–H and O–H groups in total. The van der Waals surface area contributed by atoms with Crippen LogP contribution in [0.5, 0.6) is 5.75 Å². The Morgan fingerprint density at radius 2 is 2.31 bits per heavy atom. The van der Waals surface area contributed by atoms with Gasteiger partial charge < -0.3 is 9.47 Å². The van der Waals surface area contributed by atoms with E-state index in [9.17, 15) is 4.79 Å². The molecule has 0 fully saturated rings. The van der Waals surface area contributed by atoms with E-state index in [0.717, 1.165) is 0 Å². The van der Waals surface area contributed by atoms with Gasteiger partial charge in [0.25, 0.3) is 0 Å². The molecule has 0 radical (unpaired) electrons. The Morgan fingerprint density at radius 3 is 2.88 bits per heavy atom. The van der Waals surface area contributed by atoms with Crippen molar-refractivity contribution in [3.05, 3.63) is 39.8 Å². The normalized spacial score (nSPS) is 9.69. The summed E-state index contributed by atoms with van der Waals surface area (Å²) >= 11 is 9.27. The van der Waals surface area contributed by atoms with E-state index in [0.29, 0.717) is 16.8 Å². The van der Waals surface area contributed by atoms with Crippen LogP contribution in [0.1, 0.15) is 10.4 Å². The quantitative estimate of drug-likeness (QED) is 0.631. The van der Waals surface area contributed by atoms with Gasteiger partial charge in [-0.25, -0.2) is 4.79 Å². The van der Waals surface area contributed by atoms with Gasteiger partial charge in [0, 0.05) is 4.47 Å². The van der Waals surface area contributed by atoms with Crippen LogP contribution in [0.25, 0.3) is 0 Å². The molecule has 0 saturated carbocycles. The van der Waals surface area contributed by atoms with E-state index >= 15 is 0 Å². The summed E-state index contributed by atoms with van der Waals surface area (Å²) in [5.41, 5.74) is 0.262. The summed E-state index contributed by atoms with van der Waals surface area (Å²) < 4.78 is 10.6. The lowest BCUT2D eigenvalue weighted by molar-refractivity contribution is 0.0600. The molecule has 0 heterocycles. The molecule has 0 aromatic heterocycles. The molecule has 0 atom stereocenters. The number of hydrogen-bond donors (Lipinski definition) is 0. The Bertz CT molecular complexity index is 418. The Balaban J connectivity index is 3.14. The van der Waals surface area contributed by atoms with Crippen LogP contribution >= 0.6 is 27.5 Å². The Labute approximate surface area is 107 Å². The van der Waals surface area contributed by atoms with Gasteiger partial charge in [0.15, 0.2) is 0 Å². The molecular formula is C11H10BrClO3. The number of methoxy groups -OCH3 is 1. The summed E-state index contributed by atoms with van der Waals surface area (Å²) in [6.07, 6.45) is 1.59. The first-order valence-corrected chi connectivity index (χ1v) is 5.58. The fourth-order valence-corrected chi connectivity index (χ4v) is 1.75. The molecule has 0 saturated heterocycles. The standard InChI is InChI=1S/C11H10BrClO3/c1-3-4-16-9-6-7(12)5-8(10(9)13)11(14)15-2/h3,5-6H,1,4H2,2H3. The highest BCUT2D eigenvalue weighted by Crippen LogP contribution is 2.32. The van der Waals surface area contributed by atoms with Crippen molar-refractivity contribution in [2.45, 2.75) is 0 Å². The molecular weight excluding hydrogens is 295 g/mol. The Hall–Kier alpha value is -1.00. The van der Waals surface area contributed by atoms with Crippen LogP contribution in [0.3, 0.4) is 0 Å². The molecule has 86 valence electrons. The van der Waals surface area contributed by atoms with Crippen molar-refractivity contribution in [2.75, 3.05) is 13.7 Å². The zero-order valence-corrected chi connectivity index (χ0v) is 11.0. The third-order valence-corrected chi connectivity index (χ3v) is 2.61. The zero-order chi connectivity index (χ0) is 12.1. The highest BCUT2D eigenvalue weighted by molar-refractivity contribution is 9.10. The van der Waals surface area contributed by atoms with E-state index in [2.05, 4.69) is 27.2 Å². The van der Waals surface area contributed by atoms with E-state index in [4.69, 9.17) is 16.3 Å². The van der Waals surface area contributed by atoms with Gasteiger partial charge in [-0.15, -0.1) is 0 Å². The second-order valence-corrected chi connectivity index (χ2v) is 4.15. The number of carbonyl (C=O) groups excluding carboxylic acids is 1. The third-order valence-electron chi connectivity index (χ3n) is 1.77. The first kappa shape index (κ1) is 13.1. The summed E-state index contributed by atoms with van der Waals surface area (Å²) in [6.45, 7) is 3.85. The average Bonchev–Trinajstić information content (AvgIpc) is 2.28. The van der Waals surface area contributed by atoms with Crippen molar-refractivity contribution in [3.8, 4) is 5.75 Å². The lowest BCUT2D eigenvalue weighted by Crippen LogP contribution is -2.04. The second kappa shape index (κ2) is 5.92. The van der Waals surface area contributed by atoms with E-state index in [1.807, 2.05) is 0 Å². The first-order chi connectivity index (χ1) is 7.60. The average molecular weight is 306 g/mol. The van der Waals surface area contributed by atoms with Crippen molar-refractivity contribution in [1.82, 2.24) is 0 Å². The van der Waals surface area contributed by atoms with Crippen molar-refractivity contribution in [3.63, 3.8) is 0 Å². The Kier molecular flexibility index (Phi) is 4.83. The van der Waals surface area contributed by atoms with Crippen molar-refractivity contribution in [1.29, 1.82) is 0 Å². The van der Waals surface area contributed by atoms with Gasteiger partial charge in [0.1, 0.15) is 12.4 Å². The van der Waals surface area contributed by atoms with Gasteiger partial charge in [-0.3, -0.25) is 0 Å². The van der Waals surface area contributed by atoms with Crippen molar-refractivity contribution < 1.29 is 14.3 Å². The van der Waals surface area contributed by atoms with E-state index in [-0.39, 0.29) is 10.6 Å². The molecule has 0 aliphatic carbocycles. The fraction of sp³-hybridized carbons (Fsp3) is 0.182. The summed E-state index contributed by atoms with van der Waals surface area (Å²) in [7, 11) is 1.30. The second-order valence-electron chi connectivity index (χ2n) is 2.86. The van der Waals surface area contributed by atoms with Gasteiger partial charge in [0.05, 0.1) is 17.7 Å². The van der Waals surface area contributed by atoms with Gasteiger partial charge in [0.2, 0.25) is 0 Å². The van der Waals surface area contributed by atoms with Gasteiger partial charge >= 0.3 is 5.97 Å². The molecule has 0 aliphatic heterocycles. The highest BCUT2D eigenvalue weighted by atomic mass is 79.9. The lowest BCUT2D eigenvalue weighted by Gasteiger charge is -2.09. The van der Waals surface area contributed by atoms with Crippen LogP contribution in [0.15, 0.2) is 29.3 Å². The van der Waals surface area contributed by atoms with Gasteiger partial charge in [-0.05, 0) is 12.1 Å². The van der Waals surface area contributed by atoms with Crippen LogP contribution in [0.2, 0.25) is 5.02 Å². The molecule has 0 aliphatic rings. The highest BCUT2D eigenvalue weighted by Gasteiger charge is 2.16. The minimum absolute atomic E-state index is 0.233. The molecule has 1 aromatic rings. The maximum absolute atomic E-state index is 11.4. The first-order valence-electron chi connectivity index (χ1n) is 4.41. The summed E-state index contributed by atoms with van der Waals surface area (Å²) in [4.78, 5) is 11.4. The molecule has 0 unspecified atom stereocenters. The van der Waals surface area contributed by atoms with Crippen LogP contribution in [0, 0.1) is 0 Å². The number of ether oxygens (including phenoxy) is 2. The molecule has 0 amide bonds. The van der Waals surface area contributed by atoms with Gasteiger partial charge in [-0.1, -0.05) is 40.2 Å². The van der Waals surface area contributed by atoms with Crippen molar-refractivity contribution in [2.24, 2.45) is 0 Å². The maximum atomic E-state index is 11.4. The number of esters is 1. The van der Waals surface area contributed by atoms with Crippen molar-refractivity contribution >= 4 is 33.5 Å². The smallest absolute Gasteiger partial charge is 0.339 e. The minimum Gasteiger partial charge on any atom is -0.488 e. The molecule has 16 heavy (non-hydrogen) atoms. The van der Waals surface area contributed by atoms with Crippen LogP contribution in [0.4, 0.5) is 0 Å². The van der Waals surface area contributed by atoms with Gasteiger partial charge in [-0.2, -0.15) is 0 Å². The molecule has 0 bridgehead atoms. The number of hydrogen-bond acceptors (Lipinski definition) is 3. The topological polar surface area (TPSA) is 35.5 Å². The van der Waals surface area contributed by atoms with Crippen LogP contribution in [-0.2, 0) is 4.74 Å². The molecule has 1 rings (SSSR count). The molecule has 1 aromatic carbocycles. The SMILES string of the molecule is C=CCOc1cc(Br)cc(C(=O)OC)c1Cl.